The number of rotatable bonds is 8. The average Bonchev–Trinajstić information content (AvgIpc) is 2.82. The zero-order chi connectivity index (χ0) is 25.9. The molecule has 0 bridgehead atoms. The van der Waals surface area contributed by atoms with E-state index in [9.17, 15) is 45.5 Å². The molecule has 1 aromatic rings. The highest BCUT2D eigenvalue weighted by molar-refractivity contribution is 5.73. The zero-order valence-electron chi connectivity index (χ0n) is 18.5. The summed E-state index contributed by atoms with van der Waals surface area (Å²) < 4.78 is 22.3. The van der Waals surface area contributed by atoms with E-state index < -0.39 is 85.4 Å². The van der Waals surface area contributed by atoms with Gasteiger partial charge in [0.1, 0.15) is 54.5 Å². The summed E-state index contributed by atoms with van der Waals surface area (Å²) in [5, 5.41) is 73.6. The van der Waals surface area contributed by atoms with Crippen LogP contribution in [0.1, 0.15) is 6.92 Å². The molecule has 2 heterocycles. The summed E-state index contributed by atoms with van der Waals surface area (Å²) >= 11 is 0. The minimum Gasteiger partial charge on any atom is -0.463 e. The molecule has 3 rings (SSSR count). The first-order valence-electron chi connectivity index (χ1n) is 10.7. The maximum absolute atomic E-state index is 11.9. The Kier molecular flexibility index (Phi) is 8.92. The van der Waals surface area contributed by atoms with Crippen LogP contribution in [0.25, 0.3) is 0 Å². The molecule has 15 nitrogen and oxygen atoms in total. The van der Waals surface area contributed by atoms with Crippen LogP contribution in [0.4, 0.5) is 5.69 Å². The van der Waals surface area contributed by atoms with Gasteiger partial charge in [0.05, 0.1) is 18.1 Å². The van der Waals surface area contributed by atoms with Gasteiger partial charge in [-0.3, -0.25) is 14.9 Å². The maximum Gasteiger partial charge on any atom is 0.269 e. The van der Waals surface area contributed by atoms with Crippen molar-refractivity contribution < 1.29 is 59.3 Å². The second kappa shape index (κ2) is 11.5. The number of hydrogen-bond acceptors (Lipinski definition) is 13. The Balaban J connectivity index is 1.88. The third-order valence-corrected chi connectivity index (χ3v) is 5.66. The number of hydrogen-bond donors (Lipinski definition) is 7. The monoisotopic (exact) mass is 504 g/mol. The van der Waals surface area contributed by atoms with Gasteiger partial charge in [0.15, 0.2) is 6.29 Å². The Labute approximate surface area is 198 Å². The van der Waals surface area contributed by atoms with Crippen molar-refractivity contribution in [2.75, 3.05) is 13.2 Å². The van der Waals surface area contributed by atoms with E-state index in [1.165, 1.54) is 31.2 Å². The SMILES string of the molecule is CC(=O)N[C@H]1[C@H](Oc2ccc([N+](=O)[O-])cc2)O[C@H](CO)[C@H](O)[C@@H]1O[C@@H]1O[C@H](CO)[C@H](O)[C@H](O)[C@H]1O. The Bertz CT molecular complexity index is 869. The van der Waals surface area contributed by atoms with Gasteiger partial charge in [0.25, 0.3) is 5.69 Å². The Hall–Kier alpha value is -2.47. The Morgan fingerprint density at radius 3 is 2.09 bits per heavy atom. The van der Waals surface area contributed by atoms with Gasteiger partial charge in [-0.05, 0) is 12.1 Å². The molecular weight excluding hydrogens is 476 g/mol. The number of nitro benzene ring substituents is 1. The van der Waals surface area contributed by atoms with Crippen molar-refractivity contribution in [3.63, 3.8) is 0 Å². The summed E-state index contributed by atoms with van der Waals surface area (Å²) in [6, 6.07) is 3.63. The topological polar surface area (TPSA) is 231 Å². The maximum atomic E-state index is 11.9. The highest BCUT2D eigenvalue weighted by Crippen LogP contribution is 2.31. The zero-order valence-corrected chi connectivity index (χ0v) is 18.5. The molecule has 2 aliphatic rings. The number of carbonyl (C=O) groups is 1. The fourth-order valence-electron chi connectivity index (χ4n) is 3.83. The van der Waals surface area contributed by atoms with Gasteiger partial charge in [0, 0.05) is 19.1 Å². The summed E-state index contributed by atoms with van der Waals surface area (Å²) in [6.07, 6.45) is -13.9. The third-order valence-electron chi connectivity index (χ3n) is 5.66. The van der Waals surface area contributed by atoms with Gasteiger partial charge in [-0.2, -0.15) is 0 Å². The molecule has 7 N–H and O–H groups in total. The number of benzene rings is 1. The second-order valence-corrected chi connectivity index (χ2v) is 8.11. The van der Waals surface area contributed by atoms with E-state index in [-0.39, 0.29) is 11.4 Å². The van der Waals surface area contributed by atoms with Crippen LogP contribution >= 0.6 is 0 Å². The summed E-state index contributed by atoms with van der Waals surface area (Å²) in [5.41, 5.74) is -0.201. The standard InChI is InChI=1S/C20H28N2O13/c1-8(25)21-13-18(35-20-17(29)16(28)14(26)11(6-23)34-20)15(27)12(7-24)33-19(13)32-10-4-2-9(3-5-10)22(30)31/h2-5,11-20,23-24,26-29H,6-7H2,1H3,(H,21,25)/t11-,12-,13-,14+,15+,16+,17-,18-,19-,20+/m1/s1. The van der Waals surface area contributed by atoms with Crippen LogP contribution < -0.4 is 10.1 Å². The van der Waals surface area contributed by atoms with Gasteiger partial charge in [-0.1, -0.05) is 0 Å². The molecule has 0 aromatic heterocycles. The van der Waals surface area contributed by atoms with Crippen LogP contribution in [0.2, 0.25) is 0 Å². The van der Waals surface area contributed by atoms with E-state index in [0.29, 0.717) is 0 Å². The third kappa shape index (κ3) is 6.03. The van der Waals surface area contributed by atoms with Crippen LogP contribution in [-0.2, 0) is 19.0 Å². The lowest BCUT2D eigenvalue weighted by molar-refractivity contribution is -0.384. The molecule has 35 heavy (non-hydrogen) atoms. The Morgan fingerprint density at radius 1 is 0.971 bits per heavy atom. The molecule has 1 amide bonds. The summed E-state index contributed by atoms with van der Waals surface area (Å²) in [5.74, 6) is -0.497. The molecule has 0 spiro atoms. The van der Waals surface area contributed by atoms with Crippen LogP contribution in [0.15, 0.2) is 24.3 Å². The van der Waals surface area contributed by atoms with Crippen LogP contribution in [0.5, 0.6) is 5.75 Å². The van der Waals surface area contributed by atoms with E-state index in [2.05, 4.69) is 5.32 Å². The predicted octanol–water partition coefficient (Wildman–Crippen LogP) is -3.26. The van der Waals surface area contributed by atoms with Gasteiger partial charge in [-0.15, -0.1) is 0 Å². The smallest absolute Gasteiger partial charge is 0.269 e. The van der Waals surface area contributed by atoms with Crippen molar-refractivity contribution >= 4 is 11.6 Å². The molecule has 196 valence electrons. The number of aliphatic hydroxyl groups is 6. The van der Waals surface area contributed by atoms with Crippen molar-refractivity contribution in [3.05, 3.63) is 34.4 Å². The van der Waals surface area contributed by atoms with E-state index in [4.69, 9.17) is 18.9 Å². The van der Waals surface area contributed by atoms with Gasteiger partial charge < -0.3 is 54.9 Å². The number of non-ortho nitro benzene ring substituents is 1. The number of nitrogens with one attached hydrogen (secondary N) is 1. The minimum atomic E-state index is -1.80. The average molecular weight is 504 g/mol. The van der Waals surface area contributed by atoms with Gasteiger partial charge in [0.2, 0.25) is 12.2 Å². The largest absolute Gasteiger partial charge is 0.463 e. The first-order valence-corrected chi connectivity index (χ1v) is 10.7. The van der Waals surface area contributed by atoms with E-state index in [1.54, 1.807) is 0 Å². The number of nitro groups is 1. The van der Waals surface area contributed by atoms with Crippen molar-refractivity contribution in [1.29, 1.82) is 0 Å². The van der Waals surface area contributed by atoms with Crippen LogP contribution in [-0.4, -0.2) is 116 Å². The second-order valence-electron chi connectivity index (χ2n) is 8.11. The number of aliphatic hydroxyl groups excluding tert-OH is 6. The summed E-state index contributed by atoms with van der Waals surface area (Å²) in [4.78, 5) is 22.2. The molecule has 15 heteroatoms. The first kappa shape index (κ1) is 27.1. The lowest BCUT2D eigenvalue weighted by Gasteiger charge is -2.47. The lowest BCUT2D eigenvalue weighted by atomic mass is 9.95. The van der Waals surface area contributed by atoms with Crippen molar-refractivity contribution in [2.45, 2.75) is 68.3 Å². The molecule has 0 unspecified atom stereocenters. The lowest BCUT2D eigenvalue weighted by Crippen LogP contribution is -2.68. The first-order chi connectivity index (χ1) is 16.6. The normalized spacial score (nSPS) is 37.5. The molecular formula is C20H28N2O13. The van der Waals surface area contributed by atoms with Gasteiger partial charge in [-0.25, -0.2) is 0 Å². The quantitative estimate of drug-likeness (QED) is 0.136. The van der Waals surface area contributed by atoms with Crippen LogP contribution in [0.3, 0.4) is 0 Å². The number of nitrogens with zero attached hydrogens (tertiary/aromatic N) is 1. The summed E-state index contributed by atoms with van der Waals surface area (Å²) in [6.45, 7) is -0.262. The molecule has 0 radical (unpaired) electrons. The predicted molar refractivity (Wildman–Crippen MR) is 112 cm³/mol. The molecule has 0 aliphatic carbocycles. The van der Waals surface area contributed by atoms with Crippen molar-refractivity contribution in [3.8, 4) is 5.75 Å². The summed E-state index contributed by atoms with van der Waals surface area (Å²) in [7, 11) is 0. The Morgan fingerprint density at radius 2 is 1.54 bits per heavy atom. The molecule has 2 aliphatic heterocycles. The number of carbonyl (C=O) groups excluding carboxylic acids is 1. The van der Waals surface area contributed by atoms with Crippen molar-refractivity contribution in [2.24, 2.45) is 0 Å². The minimum absolute atomic E-state index is 0.0932. The molecule has 10 atom stereocenters. The van der Waals surface area contributed by atoms with E-state index >= 15 is 0 Å². The fraction of sp³-hybridized carbons (Fsp3) is 0.650. The molecule has 0 saturated carbocycles. The van der Waals surface area contributed by atoms with Crippen molar-refractivity contribution in [1.82, 2.24) is 5.32 Å². The van der Waals surface area contributed by atoms with Crippen LogP contribution in [0, 0.1) is 10.1 Å². The van der Waals surface area contributed by atoms with E-state index in [1.807, 2.05) is 0 Å². The molecule has 2 saturated heterocycles. The molecule has 2 fully saturated rings. The number of ether oxygens (including phenoxy) is 4. The number of amides is 1. The van der Waals surface area contributed by atoms with E-state index in [0.717, 1.165) is 0 Å². The highest BCUT2D eigenvalue weighted by atomic mass is 16.7. The highest BCUT2D eigenvalue weighted by Gasteiger charge is 2.52. The fourth-order valence-corrected chi connectivity index (χ4v) is 3.83. The van der Waals surface area contributed by atoms with Gasteiger partial charge >= 0.3 is 0 Å². The molecule has 1 aromatic carbocycles.